The van der Waals surface area contributed by atoms with E-state index in [-0.39, 0.29) is 11.3 Å². The second kappa shape index (κ2) is 3.11. The molecule has 1 aromatic rings. The molecule has 0 heterocycles. The Morgan fingerprint density at radius 2 is 2.14 bits per heavy atom. The highest BCUT2D eigenvalue weighted by molar-refractivity contribution is 6.30. The molecular formula is C10H11ClFNO. The van der Waals surface area contributed by atoms with Gasteiger partial charge in [-0.15, -0.1) is 0 Å². The summed E-state index contributed by atoms with van der Waals surface area (Å²) in [6, 6.07) is 2.66. The molecule has 76 valence electrons. The van der Waals surface area contributed by atoms with Crippen molar-refractivity contribution in [2.75, 3.05) is 0 Å². The van der Waals surface area contributed by atoms with Crippen LogP contribution in [0, 0.1) is 5.82 Å². The second-order valence-corrected chi connectivity index (χ2v) is 4.37. The Morgan fingerprint density at radius 3 is 2.71 bits per heavy atom. The number of halogens is 2. The number of hydrogen-bond donors (Lipinski definition) is 2. The zero-order valence-corrected chi connectivity index (χ0v) is 8.31. The van der Waals surface area contributed by atoms with Crippen LogP contribution in [0.2, 0.25) is 5.02 Å². The van der Waals surface area contributed by atoms with Gasteiger partial charge in [0.15, 0.2) is 11.6 Å². The van der Waals surface area contributed by atoms with Crippen LogP contribution in [0.3, 0.4) is 0 Å². The number of rotatable bonds is 2. The summed E-state index contributed by atoms with van der Waals surface area (Å²) in [5, 5.41) is 9.72. The summed E-state index contributed by atoms with van der Waals surface area (Å²) < 4.78 is 13.1. The van der Waals surface area contributed by atoms with E-state index in [4.69, 9.17) is 17.3 Å². The number of aromatic hydroxyl groups is 1. The van der Waals surface area contributed by atoms with Crippen LogP contribution in [-0.4, -0.2) is 10.6 Å². The molecule has 0 radical (unpaired) electrons. The summed E-state index contributed by atoms with van der Waals surface area (Å²) in [6.07, 6.45) is 2.32. The fourth-order valence-corrected chi connectivity index (χ4v) is 1.70. The summed E-state index contributed by atoms with van der Waals surface area (Å²) in [6.45, 7) is 0. The van der Waals surface area contributed by atoms with Crippen LogP contribution >= 0.6 is 11.6 Å². The normalized spacial score (nSPS) is 18.2. The van der Waals surface area contributed by atoms with E-state index in [0.717, 1.165) is 18.9 Å². The van der Waals surface area contributed by atoms with E-state index in [2.05, 4.69) is 0 Å². The number of hydrogen-bond acceptors (Lipinski definition) is 2. The summed E-state index contributed by atoms with van der Waals surface area (Å²) >= 11 is 5.68. The Bertz CT molecular complexity index is 377. The van der Waals surface area contributed by atoms with Crippen LogP contribution in [0.1, 0.15) is 18.4 Å². The number of nitrogens with two attached hydrogens (primary N) is 1. The maximum Gasteiger partial charge on any atom is 0.166 e. The lowest BCUT2D eigenvalue weighted by molar-refractivity contribution is 0.422. The summed E-state index contributed by atoms with van der Waals surface area (Å²) in [4.78, 5) is 0. The molecule has 0 spiro atoms. The van der Waals surface area contributed by atoms with Gasteiger partial charge in [-0.05, 0) is 31.4 Å². The van der Waals surface area contributed by atoms with E-state index >= 15 is 0 Å². The van der Waals surface area contributed by atoms with Gasteiger partial charge in [0.05, 0.1) is 0 Å². The summed E-state index contributed by atoms with van der Waals surface area (Å²) in [7, 11) is 0. The van der Waals surface area contributed by atoms with E-state index in [1.54, 1.807) is 6.07 Å². The maximum absolute atomic E-state index is 13.1. The Balaban J connectivity index is 2.32. The lowest BCUT2D eigenvalue weighted by Gasteiger charge is -2.10. The molecule has 1 saturated carbocycles. The number of phenolic OH excluding ortho intramolecular Hbond substituents is 1. The molecule has 3 N–H and O–H groups in total. The molecule has 0 amide bonds. The average Bonchev–Trinajstić information content (AvgIpc) is 2.79. The molecule has 1 aliphatic rings. The third kappa shape index (κ3) is 1.83. The first-order chi connectivity index (χ1) is 6.50. The minimum absolute atomic E-state index is 0.255. The van der Waals surface area contributed by atoms with Gasteiger partial charge in [-0.25, -0.2) is 4.39 Å². The minimum Gasteiger partial charge on any atom is -0.505 e. The lowest BCUT2D eigenvalue weighted by atomic mass is 10.0. The molecule has 1 aliphatic carbocycles. The third-order valence-electron chi connectivity index (χ3n) is 2.54. The maximum atomic E-state index is 13.1. The quantitative estimate of drug-likeness (QED) is 0.795. The predicted molar refractivity (Wildman–Crippen MR) is 52.9 cm³/mol. The number of benzene rings is 1. The Kier molecular flexibility index (Phi) is 2.16. The fourth-order valence-electron chi connectivity index (χ4n) is 1.47. The van der Waals surface area contributed by atoms with Crippen LogP contribution in [0.5, 0.6) is 5.75 Å². The highest BCUT2D eigenvalue weighted by Gasteiger charge is 2.38. The molecule has 2 nitrogen and oxygen atoms in total. The molecule has 2 rings (SSSR count). The second-order valence-electron chi connectivity index (χ2n) is 3.93. The van der Waals surface area contributed by atoms with E-state index in [1.165, 1.54) is 0 Å². The first kappa shape index (κ1) is 9.74. The molecule has 0 bridgehead atoms. The fraction of sp³-hybridized carbons (Fsp3) is 0.400. The van der Waals surface area contributed by atoms with E-state index in [1.807, 2.05) is 0 Å². The van der Waals surface area contributed by atoms with E-state index in [0.29, 0.717) is 17.0 Å². The van der Waals surface area contributed by atoms with Crippen molar-refractivity contribution in [2.24, 2.45) is 5.73 Å². The standard InChI is InChI=1S/C10H11ClFNO/c11-7-3-6(5-10(13)1-2-10)9(14)8(12)4-7/h3-4,14H,1-2,5,13H2. The Labute approximate surface area is 86.5 Å². The van der Waals surface area contributed by atoms with Crippen LogP contribution < -0.4 is 5.73 Å². The molecule has 1 aromatic carbocycles. The van der Waals surface area contributed by atoms with Gasteiger partial charge in [0.25, 0.3) is 0 Å². The average molecular weight is 216 g/mol. The summed E-state index contributed by atoms with van der Waals surface area (Å²) in [5.74, 6) is -1.01. The van der Waals surface area contributed by atoms with Crippen molar-refractivity contribution < 1.29 is 9.50 Å². The molecule has 1 fully saturated rings. The van der Waals surface area contributed by atoms with Crippen LogP contribution in [0.25, 0.3) is 0 Å². The zero-order chi connectivity index (χ0) is 10.3. The van der Waals surface area contributed by atoms with Gasteiger partial charge >= 0.3 is 0 Å². The first-order valence-electron chi connectivity index (χ1n) is 4.46. The smallest absolute Gasteiger partial charge is 0.166 e. The van der Waals surface area contributed by atoms with E-state index in [9.17, 15) is 9.50 Å². The largest absolute Gasteiger partial charge is 0.505 e. The van der Waals surface area contributed by atoms with Gasteiger partial charge in [-0.1, -0.05) is 11.6 Å². The van der Waals surface area contributed by atoms with Gasteiger partial charge in [-0.2, -0.15) is 0 Å². The van der Waals surface area contributed by atoms with Crippen LogP contribution in [-0.2, 0) is 6.42 Å². The monoisotopic (exact) mass is 215 g/mol. The van der Waals surface area contributed by atoms with Crippen LogP contribution in [0.4, 0.5) is 4.39 Å². The zero-order valence-electron chi connectivity index (χ0n) is 7.56. The van der Waals surface area contributed by atoms with Crippen molar-refractivity contribution in [3.05, 3.63) is 28.5 Å². The van der Waals surface area contributed by atoms with Crippen LogP contribution in [0.15, 0.2) is 12.1 Å². The molecule has 0 atom stereocenters. The van der Waals surface area contributed by atoms with Gasteiger partial charge in [0.2, 0.25) is 0 Å². The van der Waals surface area contributed by atoms with Crippen molar-refractivity contribution in [3.8, 4) is 5.75 Å². The minimum atomic E-state index is -0.684. The van der Waals surface area contributed by atoms with Gasteiger partial charge in [0.1, 0.15) is 0 Å². The Hall–Kier alpha value is -0.800. The Morgan fingerprint density at radius 1 is 1.50 bits per heavy atom. The van der Waals surface area contributed by atoms with Crippen molar-refractivity contribution in [3.63, 3.8) is 0 Å². The van der Waals surface area contributed by atoms with Crippen molar-refractivity contribution in [1.29, 1.82) is 0 Å². The molecule has 0 unspecified atom stereocenters. The van der Waals surface area contributed by atoms with Gasteiger partial charge < -0.3 is 10.8 Å². The van der Waals surface area contributed by atoms with Crippen molar-refractivity contribution in [2.45, 2.75) is 24.8 Å². The summed E-state index contributed by atoms with van der Waals surface area (Å²) in [5.41, 5.74) is 6.11. The van der Waals surface area contributed by atoms with E-state index < -0.39 is 5.82 Å². The predicted octanol–water partition coefficient (Wildman–Crippen LogP) is 2.22. The van der Waals surface area contributed by atoms with Crippen molar-refractivity contribution >= 4 is 11.6 Å². The molecular weight excluding hydrogens is 205 g/mol. The topological polar surface area (TPSA) is 46.2 Å². The molecule has 0 aliphatic heterocycles. The highest BCUT2D eigenvalue weighted by atomic mass is 35.5. The molecule has 0 aromatic heterocycles. The molecule has 0 saturated heterocycles. The third-order valence-corrected chi connectivity index (χ3v) is 2.76. The number of phenols is 1. The van der Waals surface area contributed by atoms with Crippen molar-refractivity contribution in [1.82, 2.24) is 0 Å². The SMILES string of the molecule is NC1(Cc2cc(Cl)cc(F)c2O)CC1. The lowest BCUT2D eigenvalue weighted by Crippen LogP contribution is -2.24. The van der Waals surface area contributed by atoms with Gasteiger partial charge in [0, 0.05) is 16.1 Å². The first-order valence-corrected chi connectivity index (χ1v) is 4.84. The van der Waals surface area contributed by atoms with Gasteiger partial charge in [-0.3, -0.25) is 0 Å². The molecule has 4 heteroatoms. The highest BCUT2D eigenvalue weighted by Crippen LogP contribution is 2.38. The molecule has 14 heavy (non-hydrogen) atoms.